The van der Waals surface area contributed by atoms with Crippen molar-refractivity contribution in [1.29, 1.82) is 0 Å². The zero-order valence-electron chi connectivity index (χ0n) is 13.4. The molecule has 0 aromatic heterocycles. The first kappa shape index (κ1) is 20.2. The molecule has 1 saturated heterocycles. The molecule has 23 heavy (non-hydrogen) atoms. The number of carbonyl (C=O) groups is 2. The van der Waals surface area contributed by atoms with E-state index in [0.717, 1.165) is 19.3 Å². The van der Waals surface area contributed by atoms with Crippen LogP contribution in [-0.4, -0.2) is 61.8 Å². The van der Waals surface area contributed by atoms with Crippen molar-refractivity contribution >= 4 is 34.1 Å². The summed E-state index contributed by atoms with van der Waals surface area (Å²) in [6.07, 6.45) is 3.32. The number of hydrogen-bond acceptors (Lipinski definition) is 5. The molecule has 3 N–H and O–H groups in total. The van der Waals surface area contributed by atoms with Gasteiger partial charge < -0.3 is 16.0 Å². The Morgan fingerprint density at radius 3 is 2.39 bits per heavy atom. The van der Waals surface area contributed by atoms with Crippen molar-refractivity contribution in [1.82, 2.24) is 10.2 Å². The molecule has 1 aliphatic heterocycles. The number of amides is 2. The van der Waals surface area contributed by atoms with Gasteiger partial charge in [0.2, 0.25) is 11.8 Å². The minimum atomic E-state index is -3.01. The standard InChI is InChI=1S/C14H25N3O4S.ClH/c1-10(14(19)17-5-7-22(20,21)8-6-17)16-13(18)9-11-3-2-4-12(11)15;/h10-12H,2-9,15H2,1H3,(H,16,18);1H/t10?,11-,12+;/m0./s1. The molecule has 0 aromatic carbocycles. The van der Waals surface area contributed by atoms with E-state index in [-0.39, 0.29) is 60.8 Å². The van der Waals surface area contributed by atoms with E-state index in [2.05, 4.69) is 5.32 Å². The topological polar surface area (TPSA) is 110 Å². The maximum Gasteiger partial charge on any atom is 0.244 e. The predicted molar refractivity (Wildman–Crippen MR) is 90.0 cm³/mol. The van der Waals surface area contributed by atoms with E-state index in [9.17, 15) is 18.0 Å². The van der Waals surface area contributed by atoms with Crippen molar-refractivity contribution in [3.63, 3.8) is 0 Å². The first-order valence-corrected chi connectivity index (χ1v) is 9.65. The van der Waals surface area contributed by atoms with Crippen LogP contribution in [0.5, 0.6) is 0 Å². The van der Waals surface area contributed by atoms with E-state index in [1.807, 2.05) is 0 Å². The molecule has 2 amide bonds. The highest BCUT2D eigenvalue weighted by molar-refractivity contribution is 7.91. The molecule has 2 fully saturated rings. The van der Waals surface area contributed by atoms with Gasteiger partial charge in [0, 0.05) is 25.6 Å². The van der Waals surface area contributed by atoms with Crippen molar-refractivity contribution in [2.45, 2.75) is 44.7 Å². The van der Waals surface area contributed by atoms with E-state index in [1.165, 1.54) is 4.90 Å². The first-order chi connectivity index (χ1) is 10.3. The second kappa shape index (κ2) is 8.30. The van der Waals surface area contributed by atoms with Crippen molar-refractivity contribution < 1.29 is 18.0 Å². The molecule has 2 aliphatic rings. The second-order valence-corrected chi connectivity index (χ2v) is 8.63. The van der Waals surface area contributed by atoms with Gasteiger partial charge in [-0.1, -0.05) is 6.42 Å². The Hall–Kier alpha value is -0.860. The molecule has 2 rings (SSSR count). The maximum absolute atomic E-state index is 12.2. The summed E-state index contributed by atoms with van der Waals surface area (Å²) >= 11 is 0. The van der Waals surface area contributed by atoms with Crippen molar-refractivity contribution in [2.24, 2.45) is 11.7 Å². The third-order valence-electron chi connectivity index (χ3n) is 4.57. The lowest BCUT2D eigenvalue weighted by Gasteiger charge is -2.29. The third-order valence-corrected chi connectivity index (χ3v) is 6.18. The highest BCUT2D eigenvalue weighted by atomic mass is 35.5. The summed E-state index contributed by atoms with van der Waals surface area (Å²) in [6, 6.07) is -0.560. The van der Waals surface area contributed by atoms with Gasteiger partial charge in [-0.2, -0.15) is 0 Å². The molecule has 0 bridgehead atoms. The summed E-state index contributed by atoms with van der Waals surface area (Å²) in [5, 5.41) is 2.71. The van der Waals surface area contributed by atoms with E-state index in [0.29, 0.717) is 6.42 Å². The van der Waals surface area contributed by atoms with Gasteiger partial charge in [0.25, 0.3) is 0 Å². The van der Waals surface area contributed by atoms with Gasteiger partial charge in [-0.15, -0.1) is 12.4 Å². The number of sulfone groups is 1. The summed E-state index contributed by atoms with van der Waals surface area (Å²) in [5.41, 5.74) is 5.95. The van der Waals surface area contributed by atoms with E-state index in [4.69, 9.17) is 5.73 Å². The number of rotatable bonds is 4. The highest BCUT2D eigenvalue weighted by Gasteiger charge is 2.30. The molecule has 3 atom stereocenters. The summed E-state index contributed by atoms with van der Waals surface area (Å²) < 4.78 is 22.7. The Morgan fingerprint density at radius 2 is 1.87 bits per heavy atom. The van der Waals surface area contributed by atoms with E-state index in [1.54, 1.807) is 6.92 Å². The SMILES string of the molecule is CC(NC(=O)C[C@@H]1CCC[C@H]1N)C(=O)N1CCS(=O)(=O)CC1.Cl. The summed E-state index contributed by atoms with van der Waals surface area (Å²) in [5.74, 6) is -0.193. The normalized spacial score (nSPS) is 27.8. The Labute approximate surface area is 143 Å². The van der Waals surface area contributed by atoms with Gasteiger partial charge in [-0.25, -0.2) is 8.42 Å². The molecule has 9 heteroatoms. The van der Waals surface area contributed by atoms with E-state index < -0.39 is 15.9 Å². The maximum atomic E-state index is 12.2. The summed E-state index contributed by atoms with van der Waals surface area (Å²) in [6.45, 7) is 2.04. The number of halogens is 1. The molecule has 0 spiro atoms. The minimum absolute atomic E-state index is 0. The van der Waals surface area contributed by atoms with Gasteiger partial charge in [0.05, 0.1) is 11.5 Å². The number of nitrogens with one attached hydrogen (secondary N) is 1. The number of nitrogens with two attached hydrogens (primary N) is 1. The third kappa shape index (κ3) is 5.61. The molecule has 1 saturated carbocycles. The Morgan fingerprint density at radius 1 is 1.26 bits per heavy atom. The summed E-state index contributed by atoms with van der Waals surface area (Å²) in [4.78, 5) is 25.8. The monoisotopic (exact) mass is 367 g/mol. The van der Waals surface area contributed by atoms with Crippen LogP contribution in [0.3, 0.4) is 0 Å². The Kier molecular flexibility index (Phi) is 7.29. The van der Waals surface area contributed by atoms with Crippen LogP contribution in [0.25, 0.3) is 0 Å². The van der Waals surface area contributed by atoms with Gasteiger partial charge >= 0.3 is 0 Å². The van der Waals surface area contributed by atoms with Crippen LogP contribution >= 0.6 is 12.4 Å². The lowest BCUT2D eigenvalue weighted by atomic mass is 10.00. The van der Waals surface area contributed by atoms with Crippen molar-refractivity contribution in [3.05, 3.63) is 0 Å². The second-order valence-electron chi connectivity index (χ2n) is 6.33. The molecule has 134 valence electrons. The zero-order chi connectivity index (χ0) is 16.3. The quantitative estimate of drug-likeness (QED) is 0.708. The number of hydrogen-bond donors (Lipinski definition) is 2. The first-order valence-electron chi connectivity index (χ1n) is 7.82. The largest absolute Gasteiger partial charge is 0.345 e. The summed E-state index contributed by atoms with van der Waals surface area (Å²) in [7, 11) is -3.01. The van der Waals surface area contributed by atoms with Gasteiger partial charge in [-0.05, 0) is 25.7 Å². The van der Waals surface area contributed by atoms with Crippen LogP contribution < -0.4 is 11.1 Å². The zero-order valence-corrected chi connectivity index (χ0v) is 15.0. The fraction of sp³-hybridized carbons (Fsp3) is 0.857. The predicted octanol–water partition coefficient (Wildman–Crippen LogP) is -0.313. The van der Waals surface area contributed by atoms with Crippen LogP contribution in [0.1, 0.15) is 32.6 Å². The van der Waals surface area contributed by atoms with E-state index >= 15 is 0 Å². The highest BCUT2D eigenvalue weighted by Crippen LogP contribution is 2.26. The fourth-order valence-electron chi connectivity index (χ4n) is 3.13. The number of carbonyl (C=O) groups excluding carboxylic acids is 2. The average Bonchev–Trinajstić information content (AvgIpc) is 2.83. The fourth-order valence-corrected chi connectivity index (χ4v) is 4.33. The lowest BCUT2D eigenvalue weighted by molar-refractivity contribution is -0.135. The minimum Gasteiger partial charge on any atom is -0.345 e. The van der Waals surface area contributed by atoms with Crippen LogP contribution in [0.15, 0.2) is 0 Å². The van der Waals surface area contributed by atoms with Crippen LogP contribution in [0.2, 0.25) is 0 Å². The smallest absolute Gasteiger partial charge is 0.244 e. The molecule has 0 radical (unpaired) electrons. The molecule has 1 heterocycles. The van der Waals surface area contributed by atoms with Crippen LogP contribution in [0, 0.1) is 5.92 Å². The average molecular weight is 368 g/mol. The molecular formula is C14H26ClN3O4S. The molecular weight excluding hydrogens is 342 g/mol. The molecule has 7 nitrogen and oxygen atoms in total. The van der Waals surface area contributed by atoms with Gasteiger partial charge in [0.1, 0.15) is 6.04 Å². The van der Waals surface area contributed by atoms with Crippen molar-refractivity contribution in [2.75, 3.05) is 24.6 Å². The lowest BCUT2D eigenvalue weighted by Crippen LogP contribution is -2.52. The molecule has 0 aromatic rings. The van der Waals surface area contributed by atoms with Gasteiger partial charge in [-0.3, -0.25) is 9.59 Å². The van der Waals surface area contributed by atoms with Crippen molar-refractivity contribution in [3.8, 4) is 0 Å². The Balaban J connectivity index is 0.00000264. The molecule has 1 unspecified atom stereocenters. The van der Waals surface area contributed by atoms with Crippen LogP contribution in [-0.2, 0) is 19.4 Å². The molecule has 1 aliphatic carbocycles. The number of nitrogens with zero attached hydrogens (tertiary/aromatic N) is 1. The van der Waals surface area contributed by atoms with Crippen LogP contribution in [0.4, 0.5) is 0 Å². The Bertz CT molecular complexity index is 526. The van der Waals surface area contributed by atoms with Gasteiger partial charge in [0.15, 0.2) is 9.84 Å².